The highest BCUT2D eigenvalue weighted by Gasteiger charge is 2.30. The van der Waals surface area contributed by atoms with E-state index < -0.39 is 0 Å². The van der Waals surface area contributed by atoms with Crippen LogP contribution in [0.2, 0.25) is 0 Å². The van der Waals surface area contributed by atoms with Crippen LogP contribution in [0, 0.1) is 0 Å². The Balaban J connectivity index is 1.65. The van der Waals surface area contributed by atoms with Crippen LogP contribution < -0.4 is 5.73 Å². The number of carbonyl (C=O) groups excluding carboxylic acids is 2. The Morgan fingerprint density at radius 1 is 1.21 bits per heavy atom. The molecule has 24 heavy (non-hydrogen) atoms. The van der Waals surface area contributed by atoms with E-state index in [1.54, 1.807) is 17.0 Å². The molecule has 2 aliphatic rings. The van der Waals surface area contributed by atoms with Crippen LogP contribution in [0.5, 0.6) is 0 Å². The lowest BCUT2D eigenvalue weighted by Gasteiger charge is -2.39. The summed E-state index contributed by atoms with van der Waals surface area (Å²) in [4.78, 5) is 34.5. The molecule has 132 valence electrons. The van der Waals surface area contributed by atoms with E-state index in [2.05, 4.69) is 16.9 Å². The Morgan fingerprint density at radius 2 is 1.96 bits per heavy atom. The number of urea groups is 1. The van der Waals surface area contributed by atoms with E-state index >= 15 is 0 Å². The van der Waals surface area contributed by atoms with Gasteiger partial charge in [-0.1, -0.05) is 0 Å². The molecule has 1 atom stereocenters. The zero-order chi connectivity index (χ0) is 17.1. The van der Waals surface area contributed by atoms with Crippen molar-refractivity contribution in [3.8, 4) is 0 Å². The summed E-state index contributed by atoms with van der Waals surface area (Å²) in [5, 5.41) is 0. The SMILES string of the molecule is CN1CCN(C(=O)N2CCC[C@@H](c3nccn3CC(N)=O)C2)CC1. The molecular formula is C16H26N6O2. The van der Waals surface area contributed by atoms with Crippen molar-refractivity contribution in [2.45, 2.75) is 25.3 Å². The predicted molar refractivity (Wildman–Crippen MR) is 89.4 cm³/mol. The number of amides is 3. The fourth-order valence-corrected chi connectivity index (χ4v) is 3.54. The van der Waals surface area contributed by atoms with Gasteiger partial charge in [0.2, 0.25) is 5.91 Å². The summed E-state index contributed by atoms with van der Waals surface area (Å²) >= 11 is 0. The molecule has 0 unspecified atom stereocenters. The minimum atomic E-state index is -0.379. The number of rotatable bonds is 3. The third-order valence-electron chi connectivity index (χ3n) is 4.90. The van der Waals surface area contributed by atoms with Crippen LogP contribution in [-0.2, 0) is 11.3 Å². The molecule has 0 aliphatic carbocycles. The van der Waals surface area contributed by atoms with Gasteiger partial charge in [-0.3, -0.25) is 4.79 Å². The van der Waals surface area contributed by atoms with Crippen LogP contribution >= 0.6 is 0 Å². The standard InChI is InChI=1S/C16H26N6O2/c1-19-7-9-20(10-8-19)16(24)22-5-2-3-13(11-22)15-18-4-6-21(15)12-14(17)23/h4,6,13H,2-3,5,7-12H2,1H3,(H2,17,23)/t13-/m1/s1. The largest absolute Gasteiger partial charge is 0.368 e. The van der Waals surface area contributed by atoms with E-state index in [1.165, 1.54) is 0 Å². The molecule has 2 fully saturated rings. The first-order valence-electron chi connectivity index (χ1n) is 8.56. The first-order valence-corrected chi connectivity index (χ1v) is 8.56. The lowest BCUT2D eigenvalue weighted by atomic mass is 9.97. The topological polar surface area (TPSA) is 87.7 Å². The second kappa shape index (κ2) is 7.21. The van der Waals surface area contributed by atoms with Gasteiger partial charge in [-0.25, -0.2) is 9.78 Å². The number of hydrogen-bond acceptors (Lipinski definition) is 4. The maximum atomic E-state index is 12.8. The van der Waals surface area contributed by atoms with Gasteiger partial charge in [0.1, 0.15) is 12.4 Å². The van der Waals surface area contributed by atoms with Crippen LogP contribution in [0.25, 0.3) is 0 Å². The lowest BCUT2D eigenvalue weighted by molar-refractivity contribution is -0.118. The fourth-order valence-electron chi connectivity index (χ4n) is 3.54. The molecule has 0 bridgehead atoms. The van der Waals surface area contributed by atoms with Gasteiger partial charge in [0.05, 0.1) is 0 Å². The van der Waals surface area contributed by atoms with Gasteiger partial charge < -0.3 is 25.0 Å². The molecule has 0 spiro atoms. The average Bonchev–Trinajstić information content (AvgIpc) is 3.02. The average molecular weight is 334 g/mol. The molecule has 0 saturated carbocycles. The van der Waals surface area contributed by atoms with E-state index in [-0.39, 0.29) is 24.4 Å². The summed E-state index contributed by atoms with van der Waals surface area (Å²) in [7, 11) is 2.08. The van der Waals surface area contributed by atoms with Gasteiger partial charge >= 0.3 is 6.03 Å². The Labute approximate surface area is 142 Å². The molecule has 8 nitrogen and oxygen atoms in total. The second-order valence-corrected chi connectivity index (χ2v) is 6.74. The van der Waals surface area contributed by atoms with Gasteiger partial charge in [0, 0.05) is 57.6 Å². The van der Waals surface area contributed by atoms with Crippen LogP contribution in [0.1, 0.15) is 24.6 Å². The Bertz CT molecular complexity index is 593. The van der Waals surface area contributed by atoms with E-state index in [0.29, 0.717) is 6.54 Å². The zero-order valence-corrected chi connectivity index (χ0v) is 14.2. The lowest BCUT2D eigenvalue weighted by Crippen LogP contribution is -2.53. The van der Waals surface area contributed by atoms with Crippen molar-refractivity contribution in [3.63, 3.8) is 0 Å². The van der Waals surface area contributed by atoms with Gasteiger partial charge in [0.15, 0.2) is 0 Å². The van der Waals surface area contributed by atoms with Crippen molar-refractivity contribution >= 4 is 11.9 Å². The second-order valence-electron chi connectivity index (χ2n) is 6.74. The smallest absolute Gasteiger partial charge is 0.320 e. The molecule has 2 aliphatic heterocycles. The number of carbonyl (C=O) groups is 2. The number of nitrogens with zero attached hydrogens (tertiary/aromatic N) is 5. The summed E-state index contributed by atoms with van der Waals surface area (Å²) in [5.41, 5.74) is 5.30. The summed E-state index contributed by atoms with van der Waals surface area (Å²) in [6, 6.07) is 0.126. The van der Waals surface area contributed by atoms with Crippen LogP contribution in [0.15, 0.2) is 12.4 Å². The monoisotopic (exact) mass is 334 g/mol. The summed E-state index contributed by atoms with van der Waals surface area (Å²) in [5.74, 6) is 0.629. The van der Waals surface area contributed by atoms with Crippen molar-refractivity contribution in [2.24, 2.45) is 5.73 Å². The number of aromatic nitrogens is 2. The number of nitrogens with two attached hydrogens (primary N) is 1. The molecular weight excluding hydrogens is 308 g/mol. The Kier molecular flexibility index (Phi) is 5.03. The number of piperidine rings is 1. The number of likely N-dealkylation sites (tertiary alicyclic amines) is 1. The molecule has 1 aromatic heterocycles. The Hall–Kier alpha value is -2.09. The van der Waals surface area contributed by atoms with Crippen molar-refractivity contribution in [3.05, 3.63) is 18.2 Å². The molecule has 0 aromatic carbocycles. The maximum Gasteiger partial charge on any atom is 0.320 e. The highest BCUT2D eigenvalue weighted by atomic mass is 16.2. The van der Waals surface area contributed by atoms with E-state index in [1.807, 2.05) is 9.80 Å². The van der Waals surface area contributed by atoms with Gasteiger partial charge in [-0.2, -0.15) is 0 Å². The predicted octanol–water partition coefficient (Wildman–Crippen LogP) is -0.0848. The summed E-state index contributed by atoms with van der Waals surface area (Å²) in [6.07, 6.45) is 5.40. The van der Waals surface area contributed by atoms with Crippen molar-refractivity contribution in [2.75, 3.05) is 46.3 Å². The Morgan fingerprint density at radius 3 is 2.67 bits per heavy atom. The van der Waals surface area contributed by atoms with Crippen molar-refractivity contribution in [1.29, 1.82) is 0 Å². The summed E-state index contributed by atoms with van der Waals surface area (Å²) in [6.45, 7) is 5.00. The molecule has 3 heterocycles. The summed E-state index contributed by atoms with van der Waals surface area (Å²) < 4.78 is 1.80. The van der Waals surface area contributed by atoms with E-state index in [4.69, 9.17) is 5.73 Å². The minimum Gasteiger partial charge on any atom is -0.368 e. The van der Waals surface area contributed by atoms with Crippen LogP contribution in [0.3, 0.4) is 0 Å². The molecule has 1 aromatic rings. The number of likely N-dealkylation sites (N-methyl/N-ethyl adjacent to an activating group) is 1. The van der Waals surface area contributed by atoms with E-state index in [0.717, 1.165) is 51.4 Å². The molecule has 2 N–H and O–H groups in total. The third-order valence-corrected chi connectivity index (χ3v) is 4.90. The molecule has 3 amide bonds. The van der Waals surface area contributed by atoms with Crippen LogP contribution in [0.4, 0.5) is 4.79 Å². The zero-order valence-electron chi connectivity index (χ0n) is 14.2. The normalized spacial score (nSPS) is 22.6. The van der Waals surface area contributed by atoms with Crippen LogP contribution in [-0.4, -0.2) is 82.5 Å². The van der Waals surface area contributed by atoms with Crippen molar-refractivity contribution < 1.29 is 9.59 Å². The molecule has 0 radical (unpaired) electrons. The number of primary amides is 1. The van der Waals surface area contributed by atoms with E-state index in [9.17, 15) is 9.59 Å². The highest BCUT2D eigenvalue weighted by Crippen LogP contribution is 2.26. The number of hydrogen-bond donors (Lipinski definition) is 1. The first-order chi connectivity index (χ1) is 11.5. The van der Waals surface area contributed by atoms with Gasteiger partial charge in [-0.15, -0.1) is 0 Å². The van der Waals surface area contributed by atoms with Crippen molar-refractivity contribution in [1.82, 2.24) is 24.3 Å². The molecule has 2 saturated heterocycles. The highest BCUT2D eigenvalue weighted by molar-refractivity contribution is 5.75. The molecule has 8 heteroatoms. The first kappa shape index (κ1) is 16.8. The quantitative estimate of drug-likeness (QED) is 0.837. The van der Waals surface area contributed by atoms with Gasteiger partial charge in [-0.05, 0) is 19.9 Å². The minimum absolute atomic E-state index is 0.126. The molecule has 3 rings (SSSR count). The fraction of sp³-hybridized carbons (Fsp3) is 0.688. The number of imidazole rings is 1. The van der Waals surface area contributed by atoms with Gasteiger partial charge in [0.25, 0.3) is 0 Å². The third kappa shape index (κ3) is 3.69. The maximum absolute atomic E-state index is 12.8. The number of piperazine rings is 1.